The molecule has 22 heavy (non-hydrogen) atoms. The number of rotatable bonds is 2. The third-order valence-electron chi connectivity index (χ3n) is 4.89. The second kappa shape index (κ2) is 4.43. The van der Waals surface area contributed by atoms with E-state index in [1.807, 2.05) is 12.2 Å². The summed E-state index contributed by atoms with van der Waals surface area (Å²) in [4.78, 5) is 37.4. The van der Waals surface area contributed by atoms with Crippen molar-refractivity contribution in [2.75, 3.05) is 4.90 Å². The van der Waals surface area contributed by atoms with Crippen LogP contribution in [0.2, 0.25) is 5.02 Å². The zero-order valence-electron chi connectivity index (χ0n) is 11.4. The number of imide groups is 1. The number of hydrogen-bond donors (Lipinski definition) is 0. The number of hydrogen-bond acceptors (Lipinski definition) is 4. The fourth-order valence-electron chi connectivity index (χ4n) is 3.95. The van der Waals surface area contributed by atoms with Gasteiger partial charge in [0.05, 0.1) is 28.5 Å². The number of fused-ring (bicyclic) bond motifs is 5. The van der Waals surface area contributed by atoms with Crippen molar-refractivity contribution in [2.45, 2.75) is 6.42 Å². The van der Waals surface area contributed by atoms with Crippen molar-refractivity contribution in [1.29, 1.82) is 0 Å². The van der Waals surface area contributed by atoms with Crippen molar-refractivity contribution >= 4 is 35.1 Å². The fourth-order valence-corrected chi connectivity index (χ4v) is 4.15. The van der Waals surface area contributed by atoms with Crippen LogP contribution in [-0.4, -0.2) is 17.8 Å². The maximum atomic E-state index is 12.7. The largest absolute Gasteiger partial charge is 0.545 e. The number of aromatic carboxylic acids is 1. The van der Waals surface area contributed by atoms with E-state index in [2.05, 4.69) is 0 Å². The number of benzene rings is 1. The molecule has 112 valence electrons. The molecule has 2 aliphatic carbocycles. The lowest BCUT2D eigenvalue weighted by Gasteiger charge is -2.19. The van der Waals surface area contributed by atoms with Gasteiger partial charge in [0, 0.05) is 0 Å². The minimum atomic E-state index is -1.38. The zero-order valence-corrected chi connectivity index (χ0v) is 12.1. The highest BCUT2D eigenvalue weighted by Crippen LogP contribution is 2.53. The molecule has 0 radical (unpaired) electrons. The first-order valence-corrected chi connectivity index (χ1v) is 7.44. The molecule has 1 saturated carbocycles. The summed E-state index contributed by atoms with van der Waals surface area (Å²) in [6, 6.07) is 3.88. The first kappa shape index (κ1) is 13.5. The number of halogens is 1. The topological polar surface area (TPSA) is 77.5 Å². The van der Waals surface area contributed by atoms with Crippen LogP contribution in [0.1, 0.15) is 16.8 Å². The number of carboxylic acid groups (broad SMARTS) is 1. The van der Waals surface area contributed by atoms with Gasteiger partial charge in [-0.05, 0) is 36.0 Å². The molecular weight excluding hydrogens is 306 g/mol. The molecule has 6 heteroatoms. The Morgan fingerprint density at radius 3 is 2.27 bits per heavy atom. The molecular formula is C16H11ClNO4-. The van der Waals surface area contributed by atoms with E-state index in [9.17, 15) is 19.5 Å². The maximum absolute atomic E-state index is 12.7. The number of carbonyl (C=O) groups excluding carboxylic acids is 3. The van der Waals surface area contributed by atoms with Crippen molar-refractivity contribution in [3.8, 4) is 0 Å². The molecule has 1 aromatic carbocycles. The highest BCUT2D eigenvalue weighted by atomic mass is 35.5. The van der Waals surface area contributed by atoms with Gasteiger partial charge in [0.1, 0.15) is 0 Å². The van der Waals surface area contributed by atoms with Gasteiger partial charge < -0.3 is 9.90 Å². The number of nitrogens with zero attached hydrogens (tertiary/aromatic N) is 1. The molecule has 4 rings (SSSR count). The van der Waals surface area contributed by atoms with Gasteiger partial charge in [0.15, 0.2) is 0 Å². The molecule has 1 heterocycles. The quantitative estimate of drug-likeness (QED) is 0.603. The van der Waals surface area contributed by atoms with E-state index in [1.54, 1.807) is 0 Å². The molecule has 5 nitrogen and oxygen atoms in total. The number of allylic oxidation sites excluding steroid dienone is 2. The van der Waals surface area contributed by atoms with E-state index in [-0.39, 0.29) is 51.8 Å². The van der Waals surface area contributed by atoms with Gasteiger partial charge in [0.2, 0.25) is 11.8 Å². The molecule has 2 bridgehead atoms. The van der Waals surface area contributed by atoms with Crippen LogP contribution < -0.4 is 10.0 Å². The van der Waals surface area contributed by atoms with Crippen LogP contribution in [0.5, 0.6) is 0 Å². The van der Waals surface area contributed by atoms with Crippen LogP contribution >= 0.6 is 11.6 Å². The standard InChI is InChI=1S/C16H12ClNO4/c17-10-4-3-9(16(21)22)6-11(10)18-14(19)12-7-1-2-8(5-7)13(12)15(18)20/h1-4,6-8,12-13H,5H2,(H,21,22)/p-1/t7-,8+,12-,13-/m0/s1. The Morgan fingerprint density at radius 1 is 1.14 bits per heavy atom. The highest BCUT2D eigenvalue weighted by molar-refractivity contribution is 6.36. The second-order valence-corrected chi connectivity index (χ2v) is 6.37. The van der Waals surface area contributed by atoms with Crippen LogP contribution in [0, 0.1) is 23.7 Å². The minimum Gasteiger partial charge on any atom is -0.545 e. The lowest BCUT2D eigenvalue weighted by molar-refractivity contribution is -0.255. The van der Waals surface area contributed by atoms with Gasteiger partial charge in [-0.3, -0.25) is 9.59 Å². The average molecular weight is 317 g/mol. The molecule has 0 unspecified atom stereocenters. The van der Waals surface area contributed by atoms with E-state index >= 15 is 0 Å². The Morgan fingerprint density at radius 2 is 1.73 bits per heavy atom. The normalized spacial score (nSPS) is 32.0. The van der Waals surface area contributed by atoms with E-state index in [4.69, 9.17) is 11.6 Å². The molecule has 1 aromatic rings. The zero-order chi connectivity index (χ0) is 15.6. The molecule has 0 aromatic heterocycles. The second-order valence-electron chi connectivity index (χ2n) is 5.97. The van der Waals surface area contributed by atoms with Crippen molar-refractivity contribution in [3.05, 3.63) is 40.9 Å². The van der Waals surface area contributed by atoms with E-state index < -0.39 is 5.97 Å². The summed E-state index contributed by atoms with van der Waals surface area (Å²) >= 11 is 6.08. The predicted octanol–water partition coefficient (Wildman–Crippen LogP) is 1.01. The molecule has 2 fully saturated rings. The Bertz CT molecular complexity index is 727. The molecule has 4 atom stereocenters. The fraction of sp³-hybridized carbons (Fsp3) is 0.312. The van der Waals surface area contributed by atoms with E-state index in [0.717, 1.165) is 11.3 Å². The molecule has 3 aliphatic rings. The Hall–Kier alpha value is -2.14. The maximum Gasteiger partial charge on any atom is 0.238 e. The summed E-state index contributed by atoms with van der Waals surface area (Å²) in [7, 11) is 0. The van der Waals surface area contributed by atoms with Gasteiger partial charge in [-0.1, -0.05) is 29.8 Å². The van der Waals surface area contributed by atoms with Gasteiger partial charge in [-0.15, -0.1) is 0 Å². The third kappa shape index (κ3) is 1.63. The van der Waals surface area contributed by atoms with Gasteiger partial charge in [-0.2, -0.15) is 0 Å². The van der Waals surface area contributed by atoms with Crippen LogP contribution in [0.4, 0.5) is 5.69 Å². The lowest BCUT2D eigenvalue weighted by Crippen LogP contribution is -2.33. The summed E-state index contributed by atoms with van der Waals surface area (Å²) in [6.07, 6.45) is 4.84. The number of carbonyl (C=O) groups is 3. The van der Waals surface area contributed by atoms with Crippen molar-refractivity contribution in [3.63, 3.8) is 0 Å². The van der Waals surface area contributed by atoms with Gasteiger partial charge in [0.25, 0.3) is 0 Å². The molecule has 1 saturated heterocycles. The SMILES string of the molecule is O=C([O-])c1ccc(Cl)c(N2C(=O)[C@@H]3[C@@H](C2=O)[C@H]2C=C[C@@H]3C2)c1. The molecule has 2 amide bonds. The van der Waals surface area contributed by atoms with Crippen LogP contribution in [-0.2, 0) is 9.59 Å². The Kier molecular flexibility index (Phi) is 2.72. The number of carboxylic acids is 1. The summed E-state index contributed by atoms with van der Waals surface area (Å²) in [5.41, 5.74) is 0.0188. The highest BCUT2D eigenvalue weighted by Gasteiger charge is 2.59. The Balaban J connectivity index is 1.79. The van der Waals surface area contributed by atoms with Crippen LogP contribution in [0.15, 0.2) is 30.4 Å². The molecule has 0 spiro atoms. The first-order valence-electron chi connectivity index (χ1n) is 7.06. The molecule has 0 N–H and O–H groups in total. The van der Waals surface area contributed by atoms with Gasteiger partial charge >= 0.3 is 0 Å². The third-order valence-corrected chi connectivity index (χ3v) is 5.21. The van der Waals surface area contributed by atoms with Crippen LogP contribution in [0.3, 0.4) is 0 Å². The van der Waals surface area contributed by atoms with Crippen LogP contribution in [0.25, 0.3) is 0 Å². The number of amides is 2. The summed E-state index contributed by atoms with van der Waals surface area (Å²) in [6.45, 7) is 0. The summed E-state index contributed by atoms with van der Waals surface area (Å²) < 4.78 is 0. The van der Waals surface area contributed by atoms with E-state index in [1.165, 1.54) is 18.2 Å². The summed E-state index contributed by atoms with van der Waals surface area (Å²) in [5.74, 6) is -2.44. The van der Waals surface area contributed by atoms with Crippen molar-refractivity contribution < 1.29 is 19.5 Å². The smallest absolute Gasteiger partial charge is 0.238 e. The monoisotopic (exact) mass is 316 g/mol. The van der Waals surface area contributed by atoms with E-state index in [0.29, 0.717) is 0 Å². The number of anilines is 1. The lowest BCUT2D eigenvalue weighted by atomic mass is 9.85. The van der Waals surface area contributed by atoms with Crippen molar-refractivity contribution in [2.24, 2.45) is 23.7 Å². The summed E-state index contributed by atoms with van der Waals surface area (Å²) in [5, 5.41) is 11.2. The van der Waals surface area contributed by atoms with Crippen molar-refractivity contribution in [1.82, 2.24) is 0 Å². The predicted molar refractivity (Wildman–Crippen MR) is 76.0 cm³/mol. The Labute approximate surface area is 131 Å². The average Bonchev–Trinajstić information content (AvgIpc) is 3.14. The minimum absolute atomic E-state index is 0.0968. The molecule has 1 aliphatic heterocycles. The van der Waals surface area contributed by atoms with Gasteiger partial charge in [-0.25, -0.2) is 4.90 Å². The first-order chi connectivity index (χ1) is 10.5.